The van der Waals surface area contributed by atoms with Crippen molar-refractivity contribution in [3.63, 3.8) is 0 Å². The first-order valence-electron chi connectivity index (χ1n) is 5.75. The van der Waals surface area contributed by atoms with E-state index in [-0.39, 0.29) is 19.6 Å². The Morgan fingerprint density at radius 2 is 1.83 bits per heavy atom. The van der Waals surface area contributed by atoms with Crippen LogP contribution >= 0.6 is 0 Å². The number of likely N-dealkylation sites (N-methyl/N-ethyl adjacent to an activating group) is 1. The van der Waals surface area contributed by atoms with Crippen LogP contribution in [0.2, 0.25) is 0 Å². The molecule has 7 heteroatoms. The molecule has 0 fully saturated rings. The second-order valence-electron chi connectivity index (χ2n) is 2.78. The van der Waals surface area contributed by atoms with Gasteiger partial charge in [-0.1, -0.05) is 19.0 Å². The molecule has 0 aromatic heterocycles. The molecule has 0 heterocycles. The fraction of sp³-hybridized carbons (Fsp3) is 0.818. The summed E-state index contributed by atoms with van der Waals surface area (Å²) in [5.74, 6) is 0. The minimum atomic E-state index is -1.09. The molecule has 0 aromatic carbocycles. The smallest absolute Gasteiger partial charge is 0.124 e. The zero-order valence-electron chi connectivity index (χ0n) is 11.5. The summed E-state index contributed by atoms with van der Waals surface area (Å²) in [6, 6.07) is -0.880. The molecule has 2 unspecified atom stereocenters. The molecule has 0 amide bonds. The Balaban J connectivity index is -0.000000506. The van der Waals surface area contributed by atoms with E-state index < -0.39 is 12.1 Å². The first-order valence-corrected chi connectivity index (χ1v) is 5.75. The molecule has 0 bridgehead atoms. The van der Waals surface area contributed by atoms with E-state index in [1.54, 1.807) is 7.05 Å². The molecule has 0 radical (unpaired) electrons. The quantitative estimate of drug-likeness (QED) is 0.399. The topological polar surface area (TPSA) is 122 Å². The average Bonchev–Trinajstić information content (AvgIpc) is 2.46. The molecule has 0 spiro atoms. The predicted octanol–water partition coefficient (Wildman–Crippen LogP) is -0.405. The monoisotopic (exact) mass is 266 g/mol. The Kier molecular flexibility index (Phi) is 22.6. The van der Waals surface area contributed by atoms with Gasteiger partial charge in [-0.05, 0) is 12.5 Å². The maximum atomic E-state index is 10.3. The van der Waals surface area contributed by atoms with Gasteiger partial charge in [-0.15, -0.1) is 0 Å². The normalized spacial score (nSPS) is 13.2. The van der Waals surface area contributed by atoms with Crippen LogP contribution in [-0.4, -0.2) is 59.9 Å². The fourth-order valence-electron chi connectivity index (χ4n) is 0.950. The molecule has 0 aliphatic carbocycles. The first kappa shape index (κ1) is 22.2. The van der Waals surface area contributed by atoms with E-state index in [9.17, 15) is 10.0 Å². The van der Waals surface area contributed by atoms with Gasteiger partial charge in [0.2, 0.25) is 0 Å². The zero-order valence-corrected chi connectivity index (χ0v) is 11.5. The Hall–Kier alpha value is -1.02. The summed E-state index contributed by atoms with van der Waals surface area (Å²) >= 11 is 0. The van der Waals surface area contributed by atoms with E-state index in [1.165, 1.54) is 6.08 Å². The molecule has 0 aromatic rings. The number of rotatable bonds is 7. The first-order chi connectivity index (χ1) is 8.69. The largest absolute Gasteiger partial charge is 0.400 e. The van der Waals surface area contributed by atoms with Gasteiger partial charge in [-0.25, -0.2) is 0 Å². The Labute approximate surface area is 108 Å². The average molecular weight is 266 g/mol. The van der Waals surface area contributed by atoms with Crippen molar-refractivity contribution in [3.05, 3.63) is 16.7 Å². The third-order valence-electron chi connectivity index (χ3n) is 1.82. The van der Waals surface area contributed by atoms with E-state index >= 15 is 0 Å². The molecule has 0 saturated carbocycles. The second kappa shape index (κ2) is 18.3. The van der Waals surface area contributed by atoms with Crippen molar-refractivity contribution in [3.8, 4) is 0 Å². The predicted molar refractivity (Wildman–Crippen MR) is 71.0 cm³/mol. The number of hydrogen-bond donors (Lipinski definition) is 5. The van der Waals surface area contributed by atoms with E-state index in [0.717, 1.165) is 7.11 Å². The molecule has 2 atom stereocenters. The summed E-state index contributed by atoms with van der Waals surface area (Å²) < 4.78 is 0. The minimum absolute atomic E-state index is 0.101. The number of nitrogens with one attached hydrogen (secondary N) is 1. The summed E-state index contributed by atoms with van der Waals surface area (Å²) in [6.45, 7) is 3.54. The molecule has 0 aliphatic heterocycles. The number of aliphatic hydroxyl groups excluding tert-OH is 4. The molecule has 18 heavy (non-hydrogen) atoms. The molecule has 110 valence electrons. The molecule has 0 rings (SSSR count). The number of nitrogens with zero attached hydrogens (tertiary/aromatic N) is 1. The fourth-order valence-corrected chi connectivity index (χ4v) is 0.950. The maximum absolute atomic E-state index is 10.3. The van der Waals surface area contributed by atoms with Crippen molar-refractivity contribution in [1.82, 2.24) is 5.32 Å². The summed E-state index contributed by atoms with van der Waals surface area (Å²) in [6.07, 6.45) is 0.319. The summed E-state index contributed by atoms with van der Waals surface area (Å²) in [5.41, 5.74) is 0.407. The molecule has 5 N–H and O–H groups in total. The van der Waals surface area contributed by atoms with Crippen LogP contribution in [0.1, 0.15) is 20.3 Å². The minimum Gasteiger partial charge on any atom is -0.400 e. The van der Waals surface area contributed by atoms with E-state index in [4.69, 9.17) is 15.3 Å². The lowest BCUT2D eigenvalue weighted by atomic mass is 10.1. The van der Waals surface area contributed by atoms with E-state index in [2.05, 4.69) is 10.5 Å². The summed E-state index contributed by atoms with van der Waals surface area (Å²) in [7, 11) is 2.59. The van der Waals surface area contributed by atoms with Crippen LogP contribution < -0.4 is 5.32 Å². The lowest BCUT2D eigenvalue weighted by molar-refractivity contribution is 0.165. The highest BCUT2D eigenvalue weighted by Crippen LogP contribution is 2.06. The van der Waals surface area contributed by atoms with Gasteiger partial charge in [0, 0.05) is 26.5 Å². The van der Waals surface area contributed by atoms with E-state index in [1.807, 2.05) is 13.8 Å². The van der Waals surface area contributed by atoms with Crippen molar-refractivity contribution in [2.45, 2.75) is 32.4 Å². The molecule has 0 aliphatic rings. The van der Waals surface area contributed by atoms with Crippen LogP contribution in [-0.2, 0) is 0 Å². The van der Waals surface area contributed by atoms with Gasteiger partial charge in [0.05, 0.1) is 12.7 Å². The van der Waals surface area contributed by atoms with Gasteiger partial charge in [0.15, 0.2) is 0 Å². The SMILES string of the molecule is CC.CNC(=CC(O)C(CCO)N=O)CO.CO. The van der Waals surface area contributed by atoms with Gasteiger partial charge in [-0.3, -0.25) is 0 Å². The van der Waals surface area contributed by atoms with Crippen LogP contribution in [0.5, 0.6) is 0 Å². The molecule has 0 saturated heterocycles. The summed E-state index contributed by atoms with van der Waals surface area (Å²) in [4.78, 5) is 10.3. The third-order valence-corrected chi connectivity index (χ3v) is 1.82. The lowest BCUT2D eigenvalue weighted by Crippen LogP contribution is -2.25. The van der Waals surface area contributed by atoms with Crippen LogP contribution in [0.15, 0.2) is 16.9 Å². The highest BCUT2D eigenvalue weighted by molar-refractivity contribution is 5.05. The molecular weight excluding hydrogens is 240 g/mol. The molecular formula is C11H26N2O5. The number of hydrogen-bond acceptors (Lipinski definition) is 7. The Morgan fingerprint density at radius 3 is 2.11 bits per heavy atom. The van der Waals surface area contributed by atoms with Crippen LogP contribution in [0, 0.1) is 4.91 Å². The lowest BCUT2D eigenvalue weighted by Gasteiger charge is -2.13. The van der Waals surface area contributed by atoms with Gasteiger partial charge >= 0.3 is 0 Å². The van der Waals surface area contributed by atoms with Crippen molar-refractivity contribution < 1.29 is 20.4 Å². The van der Waals surface area contributed by atoms with Crippen molar-refractivity contribution in [1.29, 1.82) is 0 Å². The number of nitroso groups, excluding NO2 is 1. The van der Waals surface area contributed by atoms with Crippen molar-refractivity contribution in [2.75, 3.05) is 27.4 Å². The molecule has 7 nitrogen and oxygen atoms in total. The highest BCUT2D eigenvalue weighted by atomic mass is 16.3. The zero-order chi connectivity index (χ0) is 15.0. The number of aliphatic hydroxyl groups is 4. The van der Waals surface area contributed by atoms with Crippen LogP contribution in [0.3, 0.4) is 0 Å². The van der Waals surface area contributed by atoms with E-state index in [0.29, 0.717) is 5.70 Å². The highest BCUT2D eigenvalue weighted by Gasteiger charge is 2.17. The van der Waals surface area contributed by atoms with Crippen LogP contribution in [0.25, 0.3) is 0 Å². The second-order valence-corrected chi connectivity index (χ2v) is 2.78. The van der Waals surface area contributed by atoms with Gasteiger partial charge < -0.3 is 25.7 Å². The Morgan fingerprint density at radius 1 is 1.33 bits per heavy atom. The van der Waals surface area contributed by atoms with Gasteiger partial charge in [0.1, 0.15) is 6.04 Å². The maximum Gasteiger partial charge on any atom is 0.124 e. The van der Waals surface area contributed by atoms with Crippen molar-refractivity contribution >= 4 is 0 Å². The van der Waals surface area contributed by atoms with Gasteiger partial charge in [-0.2, -0.15) is 4.91 Å². The Bertz CT molecular complexity index is 194. The third kappa shape index (κ3) is 11.5. The van der Waals surface area contributed by atoms with Gasteiger partial charge in [0.25, 0.3) is 0 Å². The van der Waals surface area contributed by atoms with Crippen molar-refractivity contribution in [2.24, 2.45) is 5.18 Å². The summed E-state index contributed by atoms with van der Waals surface area (Å²) in [5, 5.41) is 39.1. The van der Waals surface area contributed by atoms with Crippen LogP contribution in [0.4, 0.5) is 0 Å². The standard InChI is InChI=1S/C8H16N2O4.C2H6.CH4O/c1-9-6(5-12)4-8(13)7(10-14)2-3-11;2*1-2/h4,7-9,11-13H,2-3,5H2,1H3;1-2H3;2H,1H3.